The van der Waals surface area contributed by atoms with E-state index in [1.807, 2.05) is 52.2 Å². The number of benzene rings is 1. The fourth-order valence-electron chi connectivity index (χ4n) is 5.69. The summed E-state index contributed by atoms with van der Waals surface area (Å²) < 4.78 is 18.1. The van der Waals surface area contributed by atoms with Gasteiger partial charge in [-0.15, -0.1) is 4.72 Å². The van der Waals surface area contributed by atoms with Crippen molar-refractivity contribution in [3.63, 3.8) is 0 Å². The zero-order valence-electron chi connectivity index (χ0n) is 20.8. The maximum Gasteiger partial charge on any atom is 0.211 e. The molecule has 2 unspecified atom stereocenters. The molecule has 1 N–H and O–H groups in total. The Labute approximate surface area is 220 Å². The number of aromatic nitrogens is 3. The van der Waals surface area contributed by atoms with Gasteiger partial charge in [-0.25, -0.2) is 9.97 Å². The molecule has 9 heteroatoms. The predicted molar refractivity (Wildman–Crippen MR) is 146 cm³/mol. The summed E-state index contributed by atoms with van der Waals surface area (Å²) in [6.07, 6.45) is 9.38. The first-order chi connectivity index (χ1) is 16.6. The van der Waals surface area contributed by atoms with Crippen LogP contribution in [0, 0.1) is 12.3 Å². The first-order valence-corrected chi connectivity index (χ1v) is 14.2. The third kappa shape index (κ3) is 4.55. The van der Waals surface area contributed by atoms with Crippen LogP contribution in [0.1, 0.15) is 58.6 Å². The Kier molecular flexibility index (Phi) is 6.77. The van der Waals surface area contributed by atoms with Crippen LogP contribution in [-0.4, -0.2) is 42.8 Å². The summed E-state index contributed by atoms with van der Waals surface area (Å²) in [4.78, 5) is 12.1. The molecule has 3 heterocycles. The zero-order chi connectivity index (χ0) is 25.0. The molecule has 3 aromatic rings. The highest BCUT2D eigenvalue weighted by molar-refractivity contribution is 7.90. The third-order valence-corrected chi connectivity index (χ3v) is 10.1. The number of imidazole rings is 1. The van der Waals surface area contributed by atoms with Crippen LogP contribution in [0.3, 0.4) is 0 Å². The SMILES string of the molecule is Cc1nc(N2CCC3(CCCC3N[S+]([O-])C(C)(C)C)CC2)n2ccnc2c1-c1cccc(Cl)c1Cl. The fraction of sp³-hybridized carbons (Fsp3) is 0.538. The molecule has 1 spiro atoms. The van der Waals surface area contributed by atoms with E-state index in [4.69, 9.17) is 28.2 Å². The number of rotatable bonds is 4. The molecule has 0 amide bonds. The van der Waals surface area contributed by atoms with Gasteiger partial charge in [-0.2, -0.15) is 0 Å². The number of hydrogen-bond donors (Lipinski definition) is 1. The molecule has 1 saturated heterocycles. The van der Waals surface area contributed by atoms with E-state index in [1.165, 1.54) is 12.8 Å². The van der Waals surface area contributed by atoms with Crippen LogP contribution in [0.4, 0.5) is 5.95 Å². The van der Waals surface area contributed by atoms with Gasteiger partial charge in [0.15, 0.2) is 0 Å². The molecule has 35 heavy (non-hydrogen) atoms. The van der Waals surface area contributed by atoms with Crippen molar-refractivity contribution in [1.29, 1.82) is 0 Å². The number of piperidine rings is 1. The summed E-state index contributed by atoms with van der Waals surface area (Å²) in [7, 11) is 0. The van der Waals surface area contributed by atoms with E-state index >= 15 is 0 Å². The first kappa shape index (κ1) is 25.2. The smallest absolute Gasteiger partial charge is 0.211 e. The van der Waals surface area contributed by atoms with Crippen molar-refractivity contribution in [2.75, 3.05) is 18.0 Å². The molecule has 2 aliphatic rings. The van der Waals surface area contributed by atoms with Gasteiger partial charge in [-0.1, -0.05) is 41.8 Å². The van der Waals surface area contributed by atoms with Crippen LogP contribution in [-0.2, 0) is 11.4 Å². The number of aryl methyl sites for hydroxylation is 1. The molecular formula is C26H33Cl2N5OS. The summed E-state index contributed by atoms with van der Waals surface area (Å²) in [5, 5.41) is 1.04. The van der Waals surface area contributed by atoms with Crippen LogP contribution in [0.15, 0.2) is 30.6 Å². The van der Waals surface area contributed by atoms with Crippen molar-refractivity contribution in [2.45, 2.75) is 70.6 Å². The van der Waals surface area contributed by atoms with Gasteiger partial charge in [0, 0.05) is 48.0 Å². The van der Waals surface area contributed by atoms with Crippen molar-refractivity contribution >= 4 is 46.2 Å². The Morgan fingerprint density at radius 3 is 2.63 bits per heavy atom. The standard InChI is InChI=1S/C26H33Cl2N5OS/c1-17-21(18-7-5-8-19(27)22(18)28)23-29-13-16-33(23)24(30-17)32-14-11-26(12-15-32)10-6-9-20(26)31-35(34)25(2,3)4/h5,7-8,13,16,20,31H,6,9-12,14-15H2,1-4H3. The van der Waals surface area contributed by atoms with E-state index in [2.05, 4.69) is 19.0 Å². The van der Waals surface area contributed by atoms with Crippen molar-refractivity contribution in [2.24, 2.45) is 5.41 Å². The summed E-state index contributed by atoms with van der Waals surface area (Å²) in [6.45, 7) is 9.93. The quantitative estimate of drug-likeness (QED) is 0.404. The van der Waals surface area contributed by atoms with Gasteiger partial charge < -0.3 is 9.45 Å². The molecule has 2 atom stereocenters. The second-order valence-corrected chi connectivity index (χ2v) is 13.7. The Balaban J connectivity index is 1.42. The lowest BCUT2D eigenvalue weighted by Crippen LogP contribution is -2.53. The Bertz CT molecular complexity index is 1230. The van der Waals surface area contributed by atoms with Gasteiger partial charge in [-0.3, -0.25) is 4.40 Å². The first-order valence-electron chi connectivity index (χ1n) is 12.3. The van der Waals surface area contributed by atoms with Crippen molar-refractivity contribution in [3.8, 4) is 11.1 Å². The predicted octanol–water partition coefficient (Wildman–Crippen LogP) is 6.20. The number of nitrogens with zero attached hydrogens (tertiary/aromatic N) is 4. The molecule has 1 saturated carbocycles. The van der Waals surface area contributed by atoms with Crippen molar-refractivity contribution in [3.05, 3.63) is 46.3 Å². The molecule has 2 aromatic heterocycles. The highest BCUT2D eigenvalue weighted by atomic mass is 35.5. The van der Waals surface area contributed by atoms with Crippen molar-refractivity contribution in [1.82, 2.24) is 19.1 Å². The number of halogens is 2. The number of fused-ring (bicyclic) bond motifs is 1. The van der Waals surface area contributed by atoms with Gasteiger partial charge in [0.25, 0.3) is 0 Å². The van der Waals surface area contributed by atoms with Gasteiger partial charge >= 0.3 is 0 Å². The van der Waals surface area contributed by atoms with E-state index in [0.717, 1.165) is 60.8 Å². The number of hydrogen-bond acceptors (Lipinski definition) is 5. The van der Waals surface area contributed by atoms with Crippen LogP contribution in [0.5, 0.6) is 0 Å². The summed E-state index contributed by atoms with van der Waals surface area (Å²) in [5.74, 6) is 0.910. The maximum absolute atomic E-state index is 12.8. The third-order valence-electron chi connectivity index (χ3n) is 7.68. The normalized spacial score (nSPS) is 21.2. The lowest BCUT2D eigenvalue weighted by molar-refractivity contribution is 0.186. The average Bonchev–Trinajstić information content (AvgIpc) is 3.44. The molecule has 1 aromatic carbocycles. The minimum absolute atomic E-state index is 0.203. The van der Waals surface area contributed by atoms with Crippen LogP contribution < -0.4 is 9.62 Å². The van der Waals surface area contributed by atoms with Gasteiger partial charge in [0.1, 0.15) is 10.4 Å². The summed E-state index contributed by atoms with van der Waals surface area (Å²) in [6, 6.07) is 5.96. The lowest BCUT2D eigenvalue weighted by Gasteiger charge is -2.44. The Morgan fingerprint density at radius 1 is 1.17 bits per heavy atom. The molecule has 2 fully saturated rings. The Morgan fingerprint density at radius 2 is 1.91 bits per heavy atom. The fourth-order valence-corrected chi connectivity index (χ4v) is 7.06. The van der Waals surface area contributed by atoms with E-state index in [0.29, 0.717) is 16.1 Å². The zero-order valence-corrected chi connectivity index (χ0v) is 23.1. The largest absolute Gasteiger partial charge is 0.598 e. The highest BCUT2D eigenvalue weighted by Gasteiger charge is 2.48. The van der Waals surface area contributed by atoms with Crippen molar-refractivity contribution < 1.29 is 4.55 Å². The minimum Gasteiger partial charge on any atom is -0.598 e. The second-order valence-electron chi connectivity index (χ2n) is 10.9. The molecule has 1 aliphatic heterocycles. The molecular weight excluding hydrogens is 501 g/mol. The second kappa shape index (κ2) is 9.42. The van der Waals surface area contributed by atoms with Crippen LogP contribution in [0.2, 0.25) is 10.0 Å². The average molecular weight is 535 g/mol. The molecule has 1 aliphatic carbocycles. The van der Waals surface area contributed by atoms with Gasteiger partial charge in [0.05, 0.1) is 21.8 Å². The monoisotopic (exact) mass is 533 g/mol. The molecule has 6 nitrogen and oxygen atoms in total. The maximum atomic E-state index is 12.8. The van der Waals surface area contributed by atoms with E-state index < -0.39 is 11.4 Å². The molecule has 0 radical (unpaired) electrons. The number of anilines is 1. The van der Waals surface area contributed by atoms with Gasteiger partial charge in [-0.05, 0) is 64.9 Å². The van der Waals surface area contributed by atoms with E-state index in [1.54, 1.807) is 6.07 Å². The molecule has 5 rings (SSSR count). The molecule has 188 valence electrons. The van der Waals surface area contributed by atoms with E-state index in [9.17, 15) is 4.55 Å². The van der Waals surface area contributed by atoms with E-state index in [-0.39, 0.29) is 10.2 Å². The summed E-state index contributed by atoms with van der Waals surface area (Å²) >= 11 is 11.8. The Hall–Kier alpha value is -1.51. The highest BCUT2D eigenvalue weighted by Crippen LogP contribution is 2.48. The molecule has 0 bridgehead atoms. The van der Waals surface area contributed by atoms with Gasteiger partial charge in [0.2, 0.25) is 5.95 Å². The number of nitrogens with one attached hydrogen (secondary N) is 1. The minimum atomic E-state index is -1.05. The lowest BCUT2D eigenvalue weighted by atomic mass is 9.74. The summed E-state index contributed by atoms with van der Waals surface area (Å²) in [5.41, 5.74) is 3.66. The topological polar surface area (TPSA) is 68.5 Å². The van der Waals surface area contributed by atoms with Crippen LogP contribution in [0.25, 0.3) is 16.8 Å². The van der Waals surface area contributed by atoms with Crippen LogP contribution >= 0.6 is 23.2 Å².